The molecule has 1 aliphatic rings. The van der Waals surface area contributed by atoms with Crippen molar-refractivity contribution in [2.45, 2.75) is 46.0 Å². The first-order chi connectivity index (χ1) is 7.55. The first-order valence-corrected chi connectivity index (χ1v) is 6.07. The number of amides is 1. The molecule has 0 atom stereocenters. The van der Waals surface area contributed by atoms with Crippen LogP contribution in [0.4, 0.5) is 0 Å². The van der Waals surface area contributed by atoms with E-state index in [0.29, 0.717) is 6.54 Å². The summed E-state index contributed by atoms with van der Waals surface area (Å²) in [5, 5.41) is 8.77. The third-order valence-electron chi connectivity index (χ3n) is 3.69. The van der Waals surface area contributed by atoms with E-state index in [-0.39, 0.29) is 17.9 Å². The van der Waals surface area contributed by atoms with Gasteiger partial charge in [-0.25, -0.2) is 0 Å². The fourth-order valence-electron chi connectivity index (χ4n) is 2.60. The number of aliphatic carboxylic acids is 1. The number of rotatable bonds is 5. The molecule has 0 aliphatic heterocycles. The molecule has 1 fully saturated rings. The Balaban J connectivity index is 2.76. The van der Waals surface area contributed by atoms with Crippen LogP contribution in [-0.4, -0.2) is 35.0 Å². The van der Waals surface area contributed by atoms with Crippen LogP contribution in [0.15, 0.2) is 0 Å². The van der Waals surface area contributed by atoms with Gasteiger partial charge in [-0.1, -0.05) is 19.8 Å². The van der Waals surface area contributed by atoms with Gasteiger partial charge in [-0.2, -0.15) is 0 Å². The van der Waals surface area contributed by atoms with Gasteiger partial charge in [0.15, 0.2) is 0 Å². The molecule has 4 nitrogen and oxygen atoms in total. The quantitative estimate of drug-likeness (QED) is 0.780. The summed E-state index contributed by atoms with van der Waals surface area (Å²) in [5.74, 6) is -0.892. The van der Waals surface area contributed by atoms with E-state index >= 15 is 0 Å². The molecule has 1 saturated carbocycles. The smallest absolute Gasteiger partial charge is 0.323 e. The second-order valence-corrected chi connectivity index (χ2v) is 4.55. The summed E-state index contributed by atoms with van der Waals surface area (Å²) in [6.45, 7) is 4.17. The minimum absolute atomic E-state index is 0.0393. The molecule has 0 unspecified atom stereocenters. The van der Waals surface area contributed by atoms with Gasteiger partial charge in [0.25, 0.3) is 0 Å². The lowest BCUT2D eigenvalue weighted by molar-refractivity contribution is -0.149. The Morgan fingerprint density at radius 1 is 1.25 bits per heavy atom. The topological polar surface area (TPSA) is 57.6 Å². The van der Waals surface area contributed by atoms with Gasteiger partial charge in [-0.15, -0.1) is 0 Å². The highest BCUT2D eigenvalue weighted by molar-refractivity contribution is 5.86. The summed E-state index contributed by atoms with van der Waals surface area (Å²) in [4.78, 5) is 24.5. The van der Waals surface area contributed by atoms with Gasteiger partial charge in [-0.05, 0) is 26.2 Å². The van der Waals surface area contributed by atoms with E-state index < -0.39 is 5.97 Å². The van der Waals surface area contributed by atoms with Crippen LogP contribution in [0.5, 0.6) is 0 Å². The Bertz CT molecular complexity index is 269. The van der Waals surface area contributed by atoms with Crippen molar-refractivity contribution in [2.75, 3.05) is 13.1 Å². The number of hydrogen-bond donors (Lipinski definition) is 1. The highest BCUT2D eigenvalue weighted by Gasteiger charge is 2.41. The molecular weight excluding hydrogens is 206 g/mol. The van der Waals surface area contributed by atoms with Crippen molar-refractivity contribution in [3.8, 4) is 0 Å². The minimum Gasteiger partial charge on any atom is -0.480 e. The highest BCUT2D eigenvalue weighted by atomic mass is 16.4. The van der Waals surface area contributed by atoms with Gasteiger partial charge in [0, 0.05) is 12.0 Å². The van der Waals surface area contributed by atoms with Crippen molar-refractivity contribution >= 4 is 11.9 Å². The predicted octanol–water partition coefficient (Wildman–Crippen LogP) is 1.89. The van der Waals surface area contributed by atoms with Crippen molar-refractivity contribution in [3.05, 3.63) is 0 Å². The molecule has 1 rings (SSSR count). The molecule has 0 saturated heterocycles. The van der Waals surface area contributed by atoms with E-state index in [4.69, 9.17) is 5.11 Å². The van der Waals surface area contributed by atoms with Crippen LogP contribution in [0.25, 0.3) is 0 Å². The molecule has 0 aromatic carbocycles. The summed E-state index contributed by atoms with van der Waals surface area (Å²) in [5.41, 5.74) is -0.272. The largest absolute Gasteiger partial charge is 0.480 e. The SMILES string of the molecule is CCN(CC(=O)O)C(=O)C1(CC)CCCC1. The van der Waals surface area contributed by atoms with E-state index in [1.54, 1.807) is 0 Å². The van der Waals surface area contributed by atoms with Crippen molar-refractivity contribution in [1.29, 1.82) is 0 Å². The lowest BCUT2D eigenvalue weighted by atomic mass is 9.82. The van der Waals surface area contributed by atoms with Gasteiger partial charge in [0.05, 0.1) is 0 Å². The summed E-state index contributed by atoms with van der Waals surface area (Å²) < 4.78 is 0. The lowest BCUT2D eigenvalue weighted by Crippen LogP contribution is -2.44. The van der Waals surface area contributed by atoms with Crippen molar-refractivity contribution in [2.24, 2.45) is 5.41 Å². The molecule has 0 aromatic heterocycles. The first kappa shape index (κ1) is 13.0. The Labute approximate surface area is 96.6 Å². The average molecular weight is 227 g/mol. The number of nitrogens with zero attached hydrogens (tertiary/aromatic N) is 1. The predicted molar refractivity (Wildman–Crippen MR) is 61.1 cm³/mol. The number of likely N-dealkylation sites (N-methyl/N-ethyl adjacent to an activating group) is 1. The number of carboxylic acids is 1. The van der Waals surface area contributed by atoms with Crippen molar-refractivity contribution in [1.82, 2.24) is 4.90 Å². The second-order valence-electron chi connectivity index (χ2n) is 4.55. The lowest BCUT2D eigenvalue weighted by Gasteiger charge is -2.32. The Hall–Kier alpha value is -1.06. The number of carbonyl (C=O) groups is 2. The van der Waals surface area contributed by atoms with E-state index in [1.807, 2.05) is 13.8 Å². The van der Waals surface area contributed by atoms with Gasteiger partial charge < -0.3 is 10.0 Å². The molecule has 0 heterocycles. The molecule has 16 heavy (non-hydrogen) atoms. The summed E-state index contributed by atoms with van der Waals surface area (Å²) in [7, 11) is 0. The molecule has 92 valence electrons. The zero-order valence-electron chi connectivity index (χ0n) is 10.2. The van der Waals surface area contributed by atoms with Crippen LogP contribution < -0.4 is 0 Å². The maximum Gasteiger partial charge on any atom is 0.323 e. The van der Waals surface area contributed by atoms with Crippen LogP contribution >= 0.6 is 0 Å². The van der Waals surface area contributed by atoms with Gasteiger partial charge >= 0.3 is 5.97 Å². The highest BCUT2D eigenvalue weighted by Crippen LogP contribution is 2.42. The maximum absolute atomic E-state index is 12.3. The maximum atomic E-state index is 12.3. The molecule has 0 bridgehead atoms. The Morgan fingerprint density at radius 3 is 2.19 bits per heavy atom. The summed E-state index contributed by atoms with van der Waals surface area (Å²) >= 11 is 0. The standard InChI is InChI=1S/C12H21NO3/c1-3-12(7-5-6-8-12)11(16)13(4-2)9-10(14)15/h3-9H2,1-2H3,(H,14,15). The second kappa shape index (κ2) is 5.32. The van der Waals surface area contributed by atoms with Crippen LogP contribution in [0.1, 0.15) is 46.0 Å². The van der Waals surface area contributed by atoms with Crippen LogP contribution in [-0.2, 0) is 9.59 Å². The van der Waals surface area contributed by atoms with Crippen LogP contribution in [0, 0.1) is 5.41 Å². The monoisotopic (exact) mass is 227 g/mol. The van der Waals surface area contributed by atoms with E-state index in [2.05, 4.69) is 0 Å². The molecule has 1 amide bonds. The third kappa shape index (κ3) is 2.54. The number of hydrogen-bond acceptors (Lipinski definition) is 2. The molecular formula is C12H21NO3. The fourth-order valence-corrected chi connectivity index (χ4v) is 2.60. The average Bonchev–Trinajstić information content (AvgIpc) is 2.74. The van der Waals surface area contributed by atoms with Crippen molar-refractivity contribution in [3.63, 3.8) is 0 Å². The van der Waals surface area contributed by atoms with E-state index in [1.165, 1.54) is 4.90 Å². The zero-order valence-corrected chi connectivity index (χ0v) is 10.2. The van der Waals surface area contributed by atoms with Crippen LogP contribution in [0.3, 0.4) is 0 Å². The molecule has 0 spiro atoms. The molecule has 0 radical (unpaired) electrons. The summed E-state index contributed by atoms with van der Waals surface area (Å²) in [6.07, 6.45) is 4.83. The Morgan fingerprint density at radius 2 is 1.81 bits per heavy atom. The molecule has 1 aliphatic carbocycles. The van der Waals surface area contributed by atoms with Gasteiger partial charge in [0.2, 0.25) is 5.91 Å². The van der Waals surface area contributed by atoms with Gasteiger partial charge in [0.1, 0.15) is 6.54 Å². The minimum atomic E-state index is -0.931. The zero-order chi connectivity index (χ0) is 12.2. The molecule has 4 heteroatoms. The Kier molecular flexibility index (Phi) is 4.33. The van der Waals surface area contributed by atoms with Crippen molar-refractivity contribution < 1.29 is 14.7 Å². The molecule has 1 N–H and O–H groups in total. The van der Waals surface area contributed by atoms with Gasteiger partial charge in [-0.3, -0.25) is 9.59 Å². The third-order valence-corrected chi connectivity index (χ3v) is 3.69. The number of carbonyl (C=O) groups excluding carboxylic acids is 1. The van der Waals surface area contributed by atoms with Crippen LogP contribution in [0.2, 0.25) is 0 Å². The molecule has 0 aromatic rings. The van der Waals surface area contributed by atoms with E-state index in [9.17, 15) is 9.59 Å². The van der Waals surface area contributed by atoms with E-state index in [0.717, 1.165) is 32.1 Å². The first-order valence-electron chi connectivity index (χ1n) is 6.07. The summed E-state index contributed by atoms with van der Waals surface area (Å²) in [6, 6.07) is 0. The number of carboxylic acid groups (broad SMARTS) is 1. The normalized spacial score (nSPS) is 18.4. The fraction of sp³-hybridized carbons (Fsp3) is 0.833.